The highest BCUT2D eigenvalue weighted by Gasteiger charge is 2.43. The van der Waals surface area contributed by atoms with Gasteiger partial charge in [0.15, 0.2) is 5.69 Å². The van der Waals surface area contributed by atoms with E-state index < -0.39 is 17.4 Å². The third-order valence-electron chi connectivity index (χ3n) is 4.13. The number of aromatic nitrogens is 2. The van der Waals surface area contributed by atoms with Gasteiger partial charge in [-0.1, -0.05) is 12.8 Å². The van der Waals surface area contributed by atoms with Gasteiger partial charge in [0.1, 0.15) is 11.4 Å². The van der Waals surface area contributed by atoms with Crippen LogP contribution in [0.5, 0.6) is 0 Å². The van der Waals surface area contributed by atoms with Crippen LogP contribution < -0.4 is 5.32 Å². The Morgan fingerprint density at radius 3 is 2.43 bits per heavy atom. The van der Waals surface area contributed by atoms with Gasteiger partial charge >= 0.3 is 5.97 Å². The highest BCUT2D eigenvalue weighted by molar-refractivity contribution is 5.96. The second-order valence-corrected chi connectivity index (χ2v) is 5.67. The Labute approximate surface area is 131 Å². The molecule has 3 rings (SSSR count). The lowest BCUT2D eigenvalue weighted by Gasteiger charge is -2.24. The van der Waals surface area contributed by atoms with Crippen molar-refractivity contribution in [2.45, 2.75) is 31.2 Å². The average Bonchev–Trinajstić information content (AvgIpc) is 3.17. The van der Waals surface area contributed by atoms with Crippen LogP contribution in [0.2, 0.25) is 0 Å². The molecule has 1 aromatic heterocycles. The number of hydrogen-bond acceptors (Lipinski definition) is 3. The number of carboxylic acids is 1. The third kappa shape index (κ3) is 2.94. The Hall–Kier alpha value is -2.70. The van der Waals surface area contributed by atoms with Gasteiger partial charge in [0.05, 0.1) is 5.69 Å². The zero-order valence-corrected chi connectivity index (χ0v) is 12.3. The molecule has 0 spiro atoms. The fraction of sp³-hybridized carbons (Fsp3) is 0.312. The van der Waals surface area contributed by atoms with Crippen molar-refractivity contribution in [3.05, 3.63) is 48.0 Å². The maximum absolute atomic E-state index is 12.9. The number of benzene rings is 1. The van der Waals surface area contributed by atoms with E-state index in [1.54, 1.807) is 18.3 Å². The minimum atomic E-state index is -1.20. The number of carbonyl (C=O) groups excluding carboxylic acids is 1. The number of halogens is 1. The molecule has 1 aliphatic rings. The van der Waals surface area contributed by atoms with Crippen LogP contribution in [0.15, 0.2) is 36.5 Å². The van der Waals surface area contributed by atoms with Crippen LogP contribution in [-0.2, 0) is 4.79 Å². The Bertz CT molecular complexity index is 733. The second kappa shape index (κ2) is 5.83. The molecule has 0 atom stereocenters. The molecule has 1 aromatic carbocycles. The van der Waals surface area contributed by atoms with E-state index in [9.17, 15) is 19.1 Å². The lowest BCUT2D eigenvalue weighted by atomic mass is 9.97. The summed E-state index contributed by atoms with van der Waals surface area (Å²) in [5.74, 6) is -1.89. The largest absolute Gasteiger partial charge is 0.480 e. The highest BCUT2D eigenvalue weighted by atomic mass is 19.1. The number of rotatable bonds is 4. The van der Waals surface area contributed by atoms with E-state index in [-0.39, 0.29) is 11.5 Å². The summed E-state index contributed by atoms with van der Waals surface area (Å²) in [6.07, 6.45) is 3.97. The molecule has 120 valence electrons. The molecule has 6 nitrogen and oxygen atoms in total. The first-order valence-corrected chi connectivity index (χ1v) is 7.38. The van der Waals surface area contributed by atoms with Crippen LogP contribution in [0.4, 0.5) is 4.39 Å². The Balaban J connectivity index is 1.78. The van der Waals surface area contributed by atoms with Crippen LogP contribution in [0.1, 0.15) is 36.2 Å². The van der Waals surface area contributed by atoms with E-state index in [0.29, 0.717) is 18.5 Å². The number of carbonyl (C=O) groups is 2. The lowest BCUT2D eigenvalue weighted by Crippen LogP contribution is -2.52. The Kier molecular flexibility index (Phi) is 3.85. The Morgan fingerprint density at radius 1 is 1.17 bits per heavy atom. The van der Waals surface area contributed by atoms with Crippen LogP contribution >= 0.6 is 0 Å². The van der Waals surface area contributed by atoms with Crippen molar-refractivity contribution in [3.8, 4) is 5.69 Å². The SMILES string of the molecule is O=C(NC1(C(=O)O)CCCC1)c1ccn(-c2ccc(F)cc2)n1. The van der Waals surface area contributed by atoms with Crippen molar-refractivity contribution in [1.82, 2.24) is 15.1 Å². The highest BCUT2D eigenvalue weighted by Crippen LogP contribution is 2.30. The number of nitrogens with one attached hydrogen (secondary N) is 1. The zero-order chi connectivity index (χ0) is 16.4. The molecule has 1 saturated carbocycles. The molecule has 1 aliphatic carbocycles. The maximum Gasteiger partial charge on any atom is 0.329 e. The van der Waals surface area contributed by atoms with Crippen molar-refractivity contribution >= 4 is 11.9 Å². The van der Waals surface area contributed by atoms with Gasteiger partial charge in [-0.05, 0) is 43.2 Å². The van der Waals surface area contributed by atoms with Crippen molar-refractivity contribution in [2.75, 3.05) is 0 Å². The predicted octanol–water partition coefficient (Wildman–Crippen LogP) is 2.14. The predicted molar refractivity (Wildman–Crippen MR) is 79.8 cm³/mol. The molecule has 0 saturated heterocycles. The summed E-state index contributed by atoms with van der Waals surface area (Å²) in [5.41, 5.74) is -0.461. The number of hydrogen-bond donors (Lipinski definition) is 2. The number of amides is 1. The van der Waals surface area contributed by atoms with Crippen LogP contribution in [0.3, 0.4) is 0 Å². The molecule has 7 heteroatoms. The molecule has 0 radical (unpaired) electrons. The van der Waals surface area contributed by atoms with Crippen LogP contribution in [-0.4, -0.2) is 32.3 Å². The summed E-state index contributed by atoms with van der Waals surface area (Å²) in [5, 5.41) is 16.1. The summed E-state index contributed by atoms with van der Waals surface area (Å²) in [4.78, 5) is 23.8. The fourth-order valence-electron chi connectivity index (χ4n) is 2.83. The lowest BCUT2D eigenvalue weighted by molar-refractivity contribution is -0.144. The summed E-state index contributed by atoms with van der Waals surface area (Å²) < 4.78 is 14.4. The van der Waals surface area contributed by atoms with Crippen LogP contribution in [0, 0.1) is 5.82 Å². The van der Waals surface area contributed by atoms with Crippen molar-refractivity contribution in [2.24, 2.45) is 0 Å². The van der Waals surface area contributed by atoms with E-state index in [2.05, 4.69) is 10.4 Å². The van der Waals surface area contributed by atoms with Gasteiger partial charge < -0.3 is 10.4 Å². The Morgan fingerprint density at radius 2 is 1.83 bits per heavy atom. The minimum absolute atomic E-state index is 0.127. The first kappa shape index (κ1) is 15.2. The van der Waals surface area contributed by atoms with Gasteiger partial charge in [0.25, 0.3) is 5.91 Å². The zero-order valence-electron chi connectivity index (χ0n) is 12.3. The molecule has 23 heavy (non-hydrogen) atoms. The monoisotopic (exact) mass is 317 g/mol. The molecule has 1 fully saturated rings. The summed E-state index contributed by atoms with van der Waals surface area (Å²) in [6.45, 7) is 0. The molecular formula is C16H16FN3O3. The number of carboxylic acid groups (broad SMARTS) is 1. The molecule has 2 N–H and O–H groups in total. The smallest absolute Gasteiger partial charge is 0.329 e. The molecule has 0 bridgehead atoms. The van der Waals surface area contributed by atoms with E-state index >= 15 is 0 Å². The van der Waals surface area contributed by atoms with Crippen molar-refractivity contribution in [3.63, 3.8) is 0 Å². The minimum Gasteiger partial charge on any atom is -0.480 e. The van der Waals surface area contributed by atoms with E-state index in [1.807, 2.05) is 0 Å². The topological polar surface area (TPSA) is 84.2 Å². The summed E-state index contributed by atoms with van der Waals surface area (Å²) in [7, 11) is 0. The standard InChI is InChI=1S/C16H16FN3O3/c17-11-3-5-12(6-4-11)20-10-7-13(19-20)14(21)18-16(15(22)23)8-1-2-9-16/h3-7,10H,1-2,8-9H2,(H,18,21)(H,22,23). The maximum atomic E-state index is 12.9. The number of aliphatic carboxylic acids is 1. The quantitative estimate of drug-likeness (QED) is 0.905. The van der Waals surface area contributed by atoms with Crippen LogP contribution in [0.25, 0.3) is 5.69 Å². The van der Waals surface area contributed by atoms with E-state index in [4.69, 9.17) is 0 Å². The summed E-state index contributed by atoms with van der Waals surface area (Å²) >= 11 is 0. The molecule has 0 aliphatic heterocycles. The number of nitrogens with zero attached hydrogens (tertiary/aromatic N) is 2. The first-order chi connectivity index (χ1) is 11.0. The first-order valence-electron chi connectivity index (χ1n) is 7.38. The molecule has 0 unspecified atom stereocenters. The van der Waals surface area contributed by atoms with E-state index in [1.165, 1.54) is 22.9 Å². The molecule has 1 amide bonds. The third-order valence-corrected chi connectivity index (χ3v) is 4.13. The van der Waals surface area contributed by atoms with Crippen molar-refractivity contribution < 1.29 is 19.1 Å². The van der Waals surface area contributed by atoms with E-state index in [0.717, 1.165) is 12.8 Å². The van der Waals surface area contributed by atoms with Gasteiger partial charge in [-0.25, -0.2) is 13.9 Å². The van der Waals surface area contributed by atoms with Gasteiger partial charge in [-0.2, -0.15) is 5.10 Å². The van der Waals surface area contributed by atoms with Crippen molar-refractivity contribution in [1.29, 1.82) is 0 Å². The molecule has 2 aromatic rings. The molecule has 1 heterocycles. The normalized spacial score (nSPS) is 16.2. The van der Waals surface area contributed by atoms with Gasteiger partial charge in [0.2, 0.25) is 0 Å². The fourth-order valence-corrected chi connectivity index (χ4v) is 2.83. The van der Waals surface area contributed by atoms with Gasteiger partial charge in [-0.3, -0.25) is 4.79 Å². The van der Waals surface area contributed by atoms with Gasteiger partial charge in [0, 0.05) is 6.20 Å². The van der Waals surface area contributed by atoms with Gasteiger partial charge in [-0.15, -0.1) is 0 Å². The second-order valence-electron chi connectivity index (χ2n) is 5.67. The summed E-state index contributed by atoms with van der Waals surface area (Å²) in [6, 6.07) is 7.19. The molecular weight excluding hydrogens is 301 g/mol. The average molecular weight is 317 g/mol.